The van der Waals surface area contributed by atoms with Gasteiger partial charge in [0.1, 0.15) is 17.8 Å². The number of aryl methyl sites for hydroxylation is 1. The molecule has 3 rings (SSSR count). The smallest absolute Gasteiger partial charge is 0.269 e. The zero-order valence-corrected chi connectivity index (χ0v) is 13.6. The van der Waals surface area contributed by atoms with Crippen molar-refractivity contribution in [3.05, 3.63) is 72.1 Å². The molecule has 7 heteroatoms. The Bertz CT molecular complexity index is 866. The van der Waals surface area contributed by atoms with Crippen LogP contribution < -0.4 is 21.3 Å². The summed E-state index contributed by atoms with van der Waals surface area (Å²) in [5.74, 6) is 0.751. The largest absolute Gasteiger partial charge is 0.437 e. The zero-order valence-electron chi connectivity index (χ0n) is 13.6. The predicted octanol–water partition coefficient (Wildman–Crippen LogP) is 2.92. The SMILES string of the molecule is Cc1ccc(C(=O)NNc2ncnc(Oc3ccccc3)c2N)cc1. The van der Waals surface area contributed by atoms with Crippen molar-refractivity contribution in [1.82, 2.24) is 15.4 Å². The minimum atomic E-state index is -0.302. The normalized spacial score (nSPS) is 10.1. The van der Waals surface area contributed by atoms with E-state index in [1.165, 1.54) is 6.33 Å². The number of ether oxygens (including phenoxy) is 1. The number of hydrogen-bond donors (Lipinski definition) is 3. The van der Waals surface area contributed by atoms with Crippen LogP contribution in [0.3, 0.4) is 0 Å². The van der Waals surface area contributed by atoms with E-state index in [1.807, 2.05) is 37.3 Å². The Hall–Kier alpha value is -3.61. The maximum absolute atomic E-state index is 12.1. The first-order valence-corrected chi connectivity index (χ1v) is 7.60. The molecule has 4 N–H and O–H groups in total. The summed E-state index contributed by atoms with van der Waals surface area (Å²) in [7, 11) is 0. The van der Waals surface area contributed by atoms with Crippen molar-refractivity contribution < 1.29 is 9.53 Å². The lowest BCUT2D eigenvalue weighted by atomic mass is 10.1. The molecule has 0 atom stereocenters. The average molecular weight is 335 g/mol. The van der Waals surface area contributed by atoms with Crippen LogP contribution in [0.15, 0.2) is 60.9 Å². The van der Waals surface area contributed by atoms with Crippen molar-refractivity contribution in [3.8, 4) is 11.6 Å². The molecular weight excluding hydrogens is 318 g/mol. The first-order chi connectivity index (χ1) is 12.1. The van der Waals surface area contributed by atoms with Crippen molar-refractivity contribution in [2.75, 3.05) is 11.2 Å². The van der Waals surface area contributed by atoms with E-state index < -0.39 is 0 Å². The summed E-state index contributed by atoms with van der Waals surface area (Å²) in [4.78, 5) is 20.2. The van der Waals surface area contributed by atoms with E-state index >= 15 is 0 Å². The Morgan fingerprint density at radius 1 is 1.04 bits per heavy atom. The van der Waals surface area contributed by atoms with Gasteiger partial charge < -0.3 is 10.5 Å². The van der Waals surface area contributed by atoms with Crippen molar-refractivity contribution in [2.45, 2.75) is 6.92 Å². The van der Waals surface area contributed by atoms with Crippen LogP contribution in [0.1, 0.15) is 15.9 Å². The van der Waals surface area contributed by atoms with Crippen LogP contribution in [0.25, 0.3) is 0 Å². The van der Waals surface area contributed by atoms with Gasteiger partial charge in [-0.25, -0.2) is 4.98 Å². The first kappa shape index (κ1) is 16.3. The number of benzene rings is 2. The molecule has 0 aliphatic rings. The number of hydrogen-bond acceptors (Lipinski definition) is 6. The first-order valence-electron chi connectivity index (χ1n) is 7.60. The van der Waals surface area contributed by atoms with E-state index in [-0.39, 0.29) is 23.3 Å². The van der Waals surface area contributed by atoms with E-state index in [1.54, 1.807) is 24.3 Å². The fraction of sp³-hybridized carbons (Fsp3) is 0.0556. The number of anilines is 2. The second-order valence-electron chi connectivity index (χ2n) is 5.30. The van der Waals surface area contributed by atoms with Gasteiger partial charge in [0.05, 0.1) is 0 Å². The van der Waals surface area contributed by atoms with Crippen LogP contribution in [-0.2, 0) is 0 Å². The third-order valence-electron chi connectivity index (χ3n) is 3.41. The quantitative estimate of drug-likeness (QED) is 0.620. The molecule has 3 aromatic rings. The molecule has 1 amide bonds. The molecule has 0 fully saturated rings. The van der Waals surface area contributed by atoms with Gasteiger partial charge in [0.25, 0.3) is 5.91 Å². The zero-order chi connectivity index (χ0) is 17.6. The number of nitrogens with zero attached hydrogens (tertiary/aromatic N) is 2. The number of rotatable bonds is 5. The van der Waals surface area contributed by atoms with E-state index in [2.05, 4.69) is 20.8 Å². The third-order valence-corrected chi connectivity index (χ3v) is 3.41. The lowest BCUT2D eigenvalue weighted by Gasteiger charge is -2.12. The maximum Gasteiger partial charge on any atom is 0.269 e. The van der Waals surface area contributed by atoms with Gasteiger partial charge >= 0.3 is 0 Å². The molecule has 1 aromatic heterocycles. The molecule has 0 saturated carbocycles. The topological polar surface area (TPSA) is 102 Å². The second kappa shape index (κ2) is 7.31. The summed E-state index contributed by atoms with van der Waals surface area (Å²) in [6.45, 7) is 1.95. The Kier molecular flexibility index (Phi) is 4.75. The van der Waals surface area contributed by atoms with Gasteiger partial charge in [-0.05, 0) is 31.2 Å². The molecular formula is C18H17N5O2. The van der Waals surface area contributed by atoms with Crippen LogP contribution in [-0.4, -0.2) is 15.9 Å². The van der Waals surface area contributed by atoms with Crippen molar-refractivity contribution in [1.29, 1.82) is 0 Å². The average Bonchev–Trinajstić information content (AvgIpc) is 2.63. The molecule has 126 valence electrons. The molecule has 0 aliphatic carbocycles. The number of aromatic nitrogens is 2. The summed E-state index contributed by atoms with van der Waals surface area (Å²) in [6.07, 6.45) is 1.30. The Morgan fingerprint density at radius 3 is 2.48 bits per heavy atom. The Balaban J connectivity index is 1.69. The minimum absolute atomic E-state index is 0.190. The van der Waals surface area contributed by atoms with Gasteiger partial charge in [0.15, 0.2) is 5.82 Å². The highest BCUT2D eigenvalue weighted by molar-refractivity contribution is 5.95. The summed E-state index contributed by atoms with van der Waals surface area (Å²) in [6, 6.07) is 16.3. The van der Waals surface area contributed by atoms with E-state index in [9.17, 15) is 4.79 Å². The molecule has 25 heavy (non-hydrogen) atoms. The molecule has 7 nitrogen and oxygen atoms in total. The van der Waals surface area contributed by atoms with Crippen LogP contribution in [0, 0.1) is 6.92 Å². The molecule has 0 spiro atoms. The number of carbonyl (C=O) groups is 1. The summed E-state index contributed by atoms with van der Waals surface area (Å²) in [5, 5.41) is 0. The fourth-order valence-electron chi connectivity index (χ4n) is 2.05. The van der Waals surface area contributed by atoms with E-state index in [0.29, 0.717) is 11.3 Å². The summed E-state index contributed by atoms with van der Waals surface area (Å²) >= 11 is 0. The van der Waals surface area contributed by atoms with Crippen LogP contribution >= 0.6 is 0 Å². The maximum atomic E-state index is 12.1. The summed E-state index contributed by atoms with van der Waals surface area (Å²) < 4.78 is 5.63. The van der Waals surface area contributed by atoms with Gasteiger partial charge in [-0.1, -0.05) is 35.9 Å². The van der Waals surface area contributed by atoms with Gasteiger partial charge in [-0.3, -0.25) is 15.6 Å². The molecule has 0 radical (unpaired) electrons. The standard InChI is InChI=1S/C18H17N5O2/c1-12-7-9-13(10-8-12)17(24)23-22-16-15(19)18(21-11-20-16)25-14-5-3-2-4-6-14/h2-11H,19H2,1H3,(H,23,24)(H,20,21,22). The summed E-state index contributed by atoms with van der Waals surface area (Å²) in [5.41, 5.74) is 13.0. The monoisotopic (exact) mass is 335 g/mol. The molecule has 0 unspecified atom stereocenters. The van der Waals surface area contributed by atoms with Crippen LogP contribution in [0.5, 0.6) is 11.6 Å². The van der Waals surface area contributed by atoms with Crippen molar-refractivity contribution in [3.63, 3.8) is 0 Å². The fourth-order valence-corrected chi connectivity index (χ4v) is 2.05. The molecule has 1 heterocycles. The van der Waals surface area contributed by atoms with Crippen molar-refractivity contribution in [2.24, 2.45) is 0 Å². The van der Waals surface area contributed by atoms with Gasteiger partial charge in [-0.2, -0.15) is 4.98 Å². The van der Waals surface area contributed by atoms with Crippen molar-refractivity contribution >= 4 is 17.4 Å². The highest BCUT2D eigenvalue weighted by Gasteiger charge is 2.11. The lowest BCUT2D eigenvalue weighted by molar-refractivity contribution is 0.0962. The number of nitrogen functional groups attached to an aromatic ring is 1. The number of hydrazine groups is 1. The number of carbonyl (C=O) groups excluding carboxylic acids is 1. The highest BCUT2D eigenvalue weighted by atomic mass is 16.5. The van der Waals surface area contributed by atoms with Crippen LogP contribution in [0.4, 0.5) is 11.5 Å². The highest BCUT2D eigenvalue weighted by Crippen LogP contribution is 2.28. The third kappa shape index (κ3) is 4.03. The molecule has 0 aliphatic heterocycles. The molecule has 2 aromatic carbocycles. The van der Waals surface area contributed by atoms with Gasteiger partial charge in [0, 0.05) is 5.56 Å². The predicted molar refractivity (Wildman–Crippen MR) is 95.2 cm³/mol. The number of nitrogens with two attached hydrogens (primary N) is 1. The van der Waals surface area contributed by atoms with E-state index in [0.717, 1.165) is 5.56 Å². The number of para-hydroxylation sites is 1. The van der Waals surface area contributed by atoms with Gasteiger partial charge in [0.2, 0.25) is 5.88 Å². The Labute approximate surface area is 144 Å². The van der Waals surface area contributed by atoms with Gasteiger partial charge in [-0.15, -0.1) is 0 Å². The molecule has 0 saturated heterocycles. The molecule has 0 bridgehead atoms. The number of nitrogens with one attached hydrogen (secondary N) is 2. The Morgan fingerprint density at radius 2 is 1.76 bits per heavy atom. The van der Waals surface area contributed by atoms with Crippen LogP contribution in [0.2, 0.25) is 0 Å². The minimum Gasteiger partial charge on any atom is -0.437 e. The van der Waals surface area contributed by atoms with E-state index in [4.69, 9.17) is 10.5 Å². The number of amides is 1. The lowest BCUT2D eigenvalue weighted by Crippen LogP contribution is -2.30. The second-order valence-corrected chi connectivity index (χ2v) is 5.30.